The Balaban J connectivity index is 2.05. The summed E-state index contributed by atoms with van der Waals surface area (Å²) in [6, 6.07) is 6.06. The number of benzene rings is 1. The number of nitrogens with zero attached hydrogens (tertiary/aromatic N) is 2. The van der Waals surface area contributed by atoms with Crippen molar-refractivity contribution in [3.05, 3.63) is 57.8 Å². The van der Waals surface area contributed by atoms with Gasteiger partial charge in [-0.05, 0) is 29.8 Å². The second kappa shape index (κ2) is 8.28. The van der Waals surface area contributed by atoms with E-state index in [1.165, 1.54) is 30.7 Å². The average Bonchev–Trinajstić information content (AvgIpc) is 2.54. The number of hydrazone groups is 1. The molecule has 0 atom stereocenters. The summed E-state index contributed by atoms with van der Waals surface area (Å²) in [4.78, 5) is 26.1. The van der Waals surface area contributed by atoms with Crippen molar-refractivity contribution < 1.29 is 19.4 Å². The Kier molecular flexibility index (Phi) is 6.11. The minimum atomic E-state index is -1.15. The van der Waals surface area contributed by atoms with Crippen molar-refractivity contribution in [2.75, 3.05) is 6.61 Å². The van der Waals surface area contributed by atoms with Crippen molar-refractivity contribution in [3.8, 4) is 5.75 Å². The molecule has 7 nitrogen and oxygen atoms in total. The van der Waals surface area contributed by atoms with E-state index in [4.69, 9.17) is 33.0 Å². The van der Waals surface area contributed by atoms with E-state index in [-0.39, 0.29) is 15.8 Å². The van der Waals surface area contributed by atoms with E-state index in [1.807, 2.05) is 0 Å². The molecule has 0 aliphatic rings. The zero-order valence-electron chi connectivity index (χ0n) is 12.1. The summed E-state index contributed by atoms with van der Waals surface area (Å²) in [7, 11) is 0. The lowest BCUT2D eigenvalue weighted by atomic mass is 10.2. The van der Waals surface area contributed by atoms with Gasteiger partial charge in [-0.2, -0.15) is 5.10 Å². The lowest BCUT2D eigenvalue weighted by molar-refractivity contribution is -0.139. The van der Waals surface area contributed by atoms with Crippen molar-refractivity contribution in [1.82, 2.24) is 10.4 Å². The number of rotatable bonds is 6. The molecular weight excluding hydrogens is 357 g/mol. The summed E-state index contributed by atoms with van der Waals surface area (Å²) in [5.74, 6) is -1.47. The highest BCUT2D eigenvalue weighted by Gasteiger charge is 2.11. The molecule has 1 aromatic heterocycles. The molecule has 0 saturated carbocycles. The van der Waals surface area contributed by atoms with Crippen LogP contribution in [-0.2, 0) is 4.79 Å². The summed E-state index contributed by atoms with van der Waals surface area (Å²) in [6.45, 7) is -0.561. The predicted octanol–water partition coefficient (Wildman–Crippen LogP) is 2.62. The van der Waals surface area contributed by atoms with E-state index >= 15 is 0 Å². The summed E-state index contributed by atoms with van der Waals surface area (Å²) in [5.41, 5.74) is 3.26. The van der Waals surface area contributed by atoms with Crippen LogP contribution in [0.3, 0.4) is 0 Å². The minimum Gasteiger partial charge on any atom is -0.479 e. The Hall–Kier alpha value is -2.64. The van der Waals surface area contributed by atoms with Crippen LogP contribution in [0.1, 0.15) is 15.9 Å². The number of nitrogens with one attached hydrogen (secondary N) is 1. The normalized spacial score (nSPS) is 10.6. The first kappa shape index (κ1) is 17.7. The summed E-state index contributed by atoms with van der Waals surface area (Å²) < 4.78 is 5.00. The summed E-state index contributed by atoms with van der Waals surface area (Å²) in [6.07, 6.45) is 4.33. The molecule has 1 amide bonds. The number of hydrogen-bond acceptors (Lipinski definition) is 5. The predicted molar refractivity (Wildman–Crippen MR) is 88.9 cm³/mol. The molecule has 0 spiro atoms. The van der Waals surface area contributed by atoms with Crippen LogP contribution in [-0.4, -0.2) is 34.8 Å². The monoisotopic (exact) mass is 367 g/mol. The second-order valence-corrected chi connectivity index (χ2v) is 5.25. The quantitative estimate of drug-likeness (QED) is 0.603. The van der Waals surface area contributed by atoms with Crippen LogP contribution in [0.25, 0.3) is 0 Å². The molecule has 0 radical (unpaired) electrons. The summed E-state index contributed by atoms with van der Waals surface area (Å²) >= 11 is 12.0. The van der Waals surface area contributed by atoms with Gasteiger partial charge in [0, 0.05) is 18.0 Å². The molecule has 0 aliphatic heterocycles. The smallest absolute Gasteiger partial charge is 0.341 e. The lowest BCUT2D eigenvalue weighted by Gasteiger charge is -2.08. The van der Waals surface area contributed by atoms with Crippen LogP contribution in [0.2, 0.25) is 10.0 Å². The van der Waals surface area contributed by atoms with Gasteiger partial charge < -0.3 is 9.84 Å². The standard InChI is InChI=1S/C15H11Cl2N3O4/c16-11-5-9(6-12(17)14(11)24-8-13(21)22)7-19-20-15(23)10-1-3-18-4-2-10/h1-7H,8H2,(H,20,23)(H,21,22). The topological polar surface area (TPSA) is 101 Å². The van der Waals surface area contributed by atoms with Gasteiger partial charge in [-0.3, -0.25) is 9.78 Å². The lowest BCUT2D eigenvalue weighted by Crippen LogP contribution is -2.17. The Morgan fingerprint density at radius 3 is 2.46 bits per heavy atom. The fraction of sp³-hybridized carbons (Fsp3) is 0.0667. The van der Waals surface area contributed by atoms with E-state index in [0.29, 0.717) is 11.1 Å². The molecule has 9 heteroatoms. The van der Waals surface area contributed by atoms with Crippen molar-refractivity contribution in [2.45, 2.75) is 0 Å². The molecular formula is C15H11Cl2N3O4. The van der Waals surface area contributed by atoms with Crippen LogP contribution in [0.5, 0.6) is 5.75 Å². The molecule has 124 valence electrons. The molecule has 0 bridgehead atoms. The zero-order chi connectivity index (χ0) is 17.5. The van der Waals surface area contributed by atoms with Crippen molar-refractivity contribution in [3.63, 3.8) is 0 Å². The molecule has 2 aromatic rings. The fourth-order valence-corrected chi connectivity index (χ4v) is 2.27. The summed E-state index contributed by atoms with van der Waals surface area (Å²) in [5, 5.41) is 12.7. The van der Waals surface area contributed by atoms with Crippen LogP contribution < -0.4 is 10.2 Å². The van der Waals surface area contributed by atoms with Crippen LogP contribution in [0.15, 0.2) is 41.8 Å². The average molecular weight is 368 g/mol. The van der Waals surface area contributed by atoms with Crippen molar-refractivity contribution >= 4 is 41.3 Å². The van der Waals surface area contributed by atoms with Gasteiger partial charge in [-0.25, -0.2) is 10.2 Å². The van der Waals surface area contributed by atoms with Crippen LogP contribution >= 0.6 is 23.2 Å². The molecule has 1 aromatic carbocycles. The van der Waals surface area contributed by atoms with Gasteiger partial charge in [-0.15, -0.1) is 0 Å². The van der Waals surface area contributed by atoms with E-state index in [9.17, 15) is 9.59 Å². The van der Waals surface area contributed by atoms with Crippen molar-refractivity contribution in [1.29, 1.82) is 0 Å². The molecule has 0 fully saturated rings. The number of aliphatic carboxylic acids is 1. The van der Waals surface area contributed by atoms with Gasteiger partial charge in [-0.1, -0.05) is 23.2 Å². The van der Waals surface area contributed by atoms with Gasteiger partial charge in [0.1, 0.15) is 0 Å². The number of amides is 1. The Morgan fingerprint density at radius 1 is 1.25 bits per heavy atom. The number of carbonyl (C=O) groups excluding carboxylic acids is 1. The largest absolute Gasteiger partial charge is 0.479 e. The van der Waals surface area contributed by atoms with Crippen LogP contribution in [0.4, 0.5) is 0 Å². The van der Waals surface area contributed by atoms with E-state index < -0.39 is 18.5 Å². The Bertz CT molecular complexity index is 759. The molecule has 0 saturated heterocycles. The third-order valence-corrected chi connectivity index (χ3v) is 3.24. The maximum absolute atomic E-state index is 11.8. The van der Waals surface area contributed by atoms with Gasteiger partial charge in [0.25, 0.3) is 5.91 Å². The van der Waals surface area contributed by atoms with E-state index in [0.717, 1.165) is 0 Å². The second-order valence-electron chi connectivity index (χ2n) is 4.43. The maximum Gasteiger partial charge on any atom is 0.341 e. The fourth-order valence-electron chi connectivity index (χ4n) is 1.66. The van der Waals surface area contributed by atoms with Gasteiger partial charge >= 0.3 is 5.97 Å². The number of carboxylic acids is 1. The first-order valence-corrected chi connectivity index (χ1v) is 7.30. The minimum absolute atomic E-state index is 0.0682. The molecule has 1 heterocycles. The Morgan fingerprint density at radius 2 is 1.88 bits per heavy atom. The Labute approximate surface area is 146 Å². The third kappa shape index (κ3) is 4.94. The van der Waals surface area contributed by atoms with Crippen LogP contribution in [0, 0.1) is 0 Å². The maximum atomic E-state index is 11.8. The molecule has 0 aliphatic carbocycles. The SMILES string of the molecule is O=C(O)COc1c(Cl)cc(C=NNC(=O)c2ccncc2)cc1Cl. The first-order valence-electron chi connectivity index (χ1n) is 6.54. The van der Waals surface area contributed by atoms with Crippen molar-refractivity contribution in [2.24, 2.45) is 5.10 Å². The number of halogens is 2. The number of pyridine rings is 1. The number of hydrogen-bond donors (Lipinski definition) is 2. The van der Waals surface area contributed by atoms with Gasteiger partial charge in [0.15, 0.2) is 12.4 Å². The molecule has 2 rings (SSSR count). The number of carboxylic acid groups (broad SMARTS) is 1. The zero-order valence-corrected chi connectivity index (χ0v) is 13.6. The first-order chi connectivity index (χ1) is 11.5. The van der Waals surface area contributed by atoms with E-state index in [1.54, 1.807) is 12.1 Å². The highest BCUT2D eigenvalue weighted by molar-refractivity contribution is 6.37. The third-order valence-electron chi connectivity index (χ3n) is 2.68. The molecule has 0 unspecified atom stereocenters. The number of ether oxygens (including phenoxy) is 1. The molecule has 2 N–H and O–H groups in total. The van der Waals surface area contributed by atoms with Gasteiger partial charge in [0.2, 0.25) is 0 Å². The number of carbonyl (C=O) groups is 2. The number of aromatic nitrogens is 1. The van der Waals surface area contributed by atoms with E-state index in [2.05, 4.69) is 15.5 Å². The highest BCUT2D eigenvalue weighted by Crippen LogP contribution is 2.33. The highest BCUT2D eigenvalue weighted by atomic mass is 35.5. The molecule has 24 heavy (non-hydrogen) atoms. The van der Waals surface area contributed by atoms with Gasteiger partial charge in [0.05, 0.1) is 16.3 Å².